The number of imidazole rings is 1. The van der Waals surface area contributed by atoms with E-state index in [9.17, 15) is 32.3 Å². The molecule has 3 amide bonds. The number of piperidine rings is 2. The quantitative estimate of drug-likeness (QED) is 0.157. The fourth-order valence-electron chi connectivity index (χ4n) is 8.78. The van der Waals surface area contributed by atoms with Crippen molar-refractivity contribution >= 4 is 45.3 Å². The smallest absolute Gasteiger partial charge is 0.434 e. The molecule has 5 aromatic rings. The lowest BCUT2D eigenvalue weighted by Gasteiger charge is -2.38. The van der Waals surface area contributed by atoms with Crippen LogP contribution in [0.4, 0.5) is 23.2 Å². The maximum absolute atomic E-state index is 16.3. The topological polar surface area (TPSA) is 158 Å². The van der Waals surface area contributed by atoms with Gasteiger partial charge in [0.1, 0.15) is 23.7 Å². The molecule has 2 aromatic carbocycles. The molecule has 0 spiro atoms. The van der Waals surface area contributed by atoms with Crippen molar-refractivity contribution in [2.75, 3.05) is 32.1 Å². The fourth-order valence-corrected chi connectivity index (χ4v) is 8.78. The van der Waals surface area contributed by atoms with Gasteiger partial charge < -0.3 is 15.0 Å². The van der Waals surface area contributed by atoms with Crippen LogP contribution in [0.3, 0.4) is 0 Å². The van der Waals surface area contributed by atoms with Gasteiger partial charge in [-0.3, -0.25) is 38.5 Å². The number of aromatic nitrogens is 6. The molecule has 1 saturated carbocycles. The van der Waals surface area contributed by atoms with Crippen LogP contribution in [0.1, 0.15) is 84.7 Å². The second kappa shape index (κ2) is 15.0. The molecule has 18 heteroatoms. The minimum absolute atomic E-state index is 0.120. The Hall–Kier alpha value is -5.65. The number of likely N-dealkylation sites (tertiary alicyclic amines) is 1. The molecule has 1 aliphatic carbocycles. The van der Waals surface area contributed by atoms with E-state index >= 15 is 4.39 Å². The van der Waals surface area contributed by atoms with Gasteiger partial charge in [0.2, 0.25) is 11.8 Å². The molecule has 0 radical (unpaired) electrons. The Balaban J connectivity index is 0.894. The van der Waals surface area contributed by atoms with Crippen molar-refractivity contribution in [3.63, 3.8) is 0 Å². The number of imide groups is 1. The second-order valence-corrected chi connectivity index (χ2v) is 15.2. The summed E-state index contributed by atoms with van der Waals surface area (Å²) in [6.45, 7) is 1.65. The van der Waals surface area contributed by atoms with Crippen LogP contribution >= 0.6 is 0 Å². The van der Waals surface area contributed by atoms with Crippen LogP contribution in [0.5, 0.6) is 5.75 Å². The largest absolute Gasteiger partial charge is 0.496 e. The predicted octanol–water partition coefficient (Wildman–Crippen LogP) is 5.30. The van der Waals surface area contributed by atoms with Crippen molar-refractivity contribution in [1.29, 1.82) is 0 Å². The third-order valence-corrected chi connectivity index (χ3v) is 11.6. The number of benzene rings is 2. The Morgan fingerprint density at radius 1 is 1.04 bits per heavy atom. The molecule has 14 nitrogen and oxygen atoms in total. The van der Waals surface area contributed by atoms with Gasteiger partial charge in [-0.2, -0.15) is 18.3 Å². The van der Waals surface area contributed by atoms with E-state index in [1.54, 1.807) is 37.4 Å². The highest BCUT2D eigenvalue weighted by Gasteiger charge is 2.38. The van der Waals surface area contributed by atoms with E-state index in [-0.39, 0.29) is 31.3 Å². The van der Waals surface area contributed by atoms with Gasteiger partial charge in [-0.15, -0.1) is 0 Å². The average Bonchev–Trinajstić information content (AvgIpc) is 3.72. The van der Waals surface area contributed by atoms with Crippen LogP contribution in [-0.4, -0.2) is 84.4 Å². The fraction of sp³-hybridized carbons (Fsp3) is 0.462. The molecule has 2 N–H and O–H groups in total. The number of hydrogen-bond donors (Lipinski definition) is 2. The summed E-state index contributed by atoms with van der Waals surface area (Å²) in [5, 5.41) is 10.4. The van der Waals surface area contributed by atoms with Crippen LogP contribution in [0.2, 0.25) is 0 Å². The molecule has 3 aromatic heterocycles. The van der Waals surface area contributed by atoms with Crippen LogP contribution in [0.15, 0.2) is 53.7 Å². The lowest BCUT2D eigenvalue weighted by molar-refractivity contribution is -0.141. The molecule has 3 atom stereocenters. The number of methoxy groups -OCH3 is 1. The molecule has 8 rings (SSSR count). The number of aryl methyl sites for hydroxylation is 1. The highest BCUT2D eigenvalue weighted by atomic mass is 19.4. The van der Waals surface area contributed by atoms with Crippen LogP contribution in [0, 0.1) is 5.92 Å². The monoisotopic (exact) mass is 791 g/mol. The van der Waals surface area contributed by atoms with E-state index in [4.69, 9.17) is 9.84 Å². The summed E-state index contributed by atoms with van der Waals surface area (Å²) < 4.78 is 66.0. The Morgan fingerprint density at radius 2 is 1.82 bits per heavy atom. The van der Waals surface area contributed by atoms with E-state index in [2.05, 4.69) is 25.5 Å². The number of halogens is 4. The maximum atomic E-state index is 16.3. The second-order valence-electron chi connectivity index (χ2n) is 15.2. The van der Waals surface area contributed by atoms with Crippen molar-refractivity contribution in [3.05, 3.63) is 76.4 Å². The lowest BCUT2D eigenvalue weighted by atomic mass is 9.83. The Bertz CT molecular complexity index is 2430. The number of rotatable bonds is 8. The molecule has 1 unspecified atom stereocenters. The molecule has 5 heterocycles. The zero-order valence-corrected chi connectivity index (χ0v) is 31.3. The van der Waals surface area contributed by atoms with Crippen molar-refractivity contribution in [1.82, 2.24) is 39.1 Å². The zero-order valence-electron chi connectivity index (χ0n) is 31.3. The summed E-state index contributed by atoms with van der Waals surface area (Å²) in [6.07, 6.45) is 1.95. The third kappa shape index (κ3) is 7.37. The SMILES string of the molecule is COc1ccc2c(c1[C@H]1CCN(CC3CCC(n4cc5cc(NC(=O)c6cncc(C(F)(F)F)n6)ccc5n4)CC3)C[C@@H]1F)n(C)c(=O)n2C1CCC(=O)NC1=O. The van der Waals surface area contributed by atoms with E-state index in [0.717, 1.165) is 43.8 Å². The van der Waals surface area contributed by atoms with Gasteiger partial charge in [-0.25, -0.2) is 14.2 Å². The predicted molar refractivity (Wildman–Crippen MR) is 200 cm³/mol. The summed E-state index contributed by atoms with van der Waals surface area (Å²) >= 11 is 0. The Kier molecular flexibility index (Phi) is 10.1. The number of hydrogen-bond acceptors (Lipinski definition) is 9. The first-order valence-electron chi connectivity index (χ1n) is 19.0. The van der Waals surface area contributed by atoms with Crippen molar-refractivity contribution in [2.24, 2.45) is 13.0 Å². The molecule has 3 aliphatic rings. The molecule has 57 heavy (non-hydrogen) atoms. The van der Waals surface area contributed by atoms with Gasteiger partial charge in [-0.1, -0.05) is 0 Å². The van der Waals surface area contributed by atoms with Crippen LogP contribution in [-0.2, 0) is 22.8 Å². The first kappa shape index (κ1) is 38.2. The van der Waals surface area contributed by atoms with E-state index in [1.807, 2.05) is 10.9 Å². The molecule has 3 fully saturated rings. The lowest BCUT2D eigenvalue weighted by Crippen LogP contribution is -2.44. The first-order chi connectivity index (χ1) is 27.3. The summed E-state index contributed by atoms with van der Waals surface area (Å²) in [5.41, 5.74) is 0.623. The maximum Gasteiger partial charge on any atom is 0.434 e. The zero-order chi connectivity index (χ0) is 40.2. The van der Waals surface area contributed by atoms with Crippen molar-refractivity contribution in [3.8, 4) is 5.75 Å². The number of alkyl halides is 4. The van der Waals surface area contributed by atoms with E-state index in [0.29, 0.717) is 58.6 Å². The molecule has 0 bridgehead atoms. The number of carbonyl (C=O) groups excluding carboxylic acids is 3. The highest BCUT2D eigenvalue weighted by Crippen LogP contribution is 2.42. The highest BCUT2D eigenvalue weighted by molar-refractivity contribution is 6.03. The third-order valence-electron chi connectivity index (χ3n) is 11.6. The van der Waals surface area contributed by atoms with Crippen LogP contribution < -0.4 is 21.1 Å². The number of fused-ring (bicyclic) bond motifs is 2. The minimum atomic E-state index is -4.72. The van der Waals surface area contributed by atoms with Gasteiger partial charge >= 0.3 is 11.9 Å². The Morgan fingerprint density at radius 3 is 2.54 bits per heavy atom. The summed E-state index contributed by atoms with van der Waals surface area (Å²) in [4.78, 5) is 59.9. The van der Waals surface area contributed by atoms with Gasteiger partial charge in [0.15, 0.2) is 5.69 Å². The molecule has 2 aliphatic heterocycles. The van der Waals surface area contributed by atoms with Crippen molar-refractivity contribution < 1.29 is 36.7 Å². The number of nitrogens with one attached hydrogen (secondary N) is 2. The number of anilines is 1. The molecular formula is C39H41F4N9O5. The van der Waals surface area contributed by atoms with Gasteiger partial charge in [-0.05, 0) is 81.3 Å². The molecular weight excluding hydrogens is 750 g/mol. The van der Waals surface area contributed by atoms with E-state index in [1.165, 1.54) is 16.2 Å². The number of nitrogens with zero attached hydrogens (tertiary/aromatic N) is 7. The Labute approximate surface area is 323 Å². The summed E-state index contributed by atoms with van der Waals surface area (Å²) in [7, 11) is 3.13. The number of amides is 3. The van der Waals surface area contributed by atoms with Crippen molar-refractivity contribution in [2.45, 2.75) is 75.3 Å². The van der Waals surface area contributed by atoms with Crippen LogP contribution in [0.25, 0.3) is 21.9 Å². The normalized spacial score (nSPS) is 23.5. The van der Waals surface area contributed by atoms with Gasteiger partial charge in [0.05, 0.1) is 42.1 Å². The standard InChI is InChI=1S/C39H41F4N9O5/c1-49-35-29(52(38(49)56)30-10-12-33(53)47-37(30)55)9-11-31(57-2)34(35)25-13-14-50(20-26(25)40)18-21-3-6-24(7-4-21)51-19-22-15-23(5-8-27(22)48-51)45-36(54)28-16-44-17-32(46-28)39(41,42)43/h5,8-9,11,15-17,19,21,24-26,30H,3-4,6-7,10,12-14,18,20H2,1-2H3,(H,45,54)(H,47,53,55)/t21?,24?,25-,26-,30?/m0/s1. The molecule has 300 valence electrons. The van der Waals surface area contributed by atoms with Gasteiger partial charge in [0.25, 0.3) is 5.91 Å². The summed E-state index contributed by atoms with van der Waals surface area (Å²) in [6, 6.07) is 7.82. The van der Waals surface area contributed by atoms with Gasteiger partial charge in [0, 0.05) is 55.3 Å². The number of ether oxygens (including phenoxy) is 1. The molecule has 2 saturated heterocycles. The van der Waals surface area contributed by atoms with E-state index < -0.39 is 53.2 Å². The average molecular weight is 792 g/mol. The minimum Gasteiger partial charge on any atom is -0.496 e. The first-order valence-corrected chi connectivity index (χ1v) is 19.0. The number of carbonyl (C=O) groups is 3. The summed E-state index contributed by atoms with van der Waals surface area (Å²) in [5.74, 6) is -1.40.